The molecule has 1 aromatic rings. The monoisotopic (exact) mass is 361 g/mol. The average molecular weight is 362 g/mol. The second-order valence-corrected chi connectivity index (χ2v) is 8.20. The zero-order valence-electron chi connectivity index (χ0n) is 14.8. The smallest absolute Gasteiger partial charge is 0.223 e. The van der Waals surface area contributed by atoms with Crippen molar-refractivity contribution >= 4 is 23.2 Å². The van der Waals surface area contributed by atoms with Gasteiger partial charge in [0.15, 0.2) is 0 Å². The maximum absolute atomic E-state index is 12.3. The lowest BCUT2D eigenvalue weighted by molar-refractivity contribution is -0.123. The first kappa shape index (κ1) is 17.2. The molecule has 1 N–H and O–H groups in total. The van der Waals surface area contributed by atoms with E-state index in [4.69, 9.17) is 11.6 Å². The standard InChI is InChI=1S/C20H28ClN3O/c21-15-4-3-5-16(14-15)24-12-10-23(11-13-24)9-8-18-17-6-1-2-7-19(17)22-20(18)25/h3-5,14,17-19H,1-2,6-13H2,(H,22,25). The van der Waals surface area contributed by atoms with Crippen LogP contribution in [0, 0.1) is 11.8 Å². The van der Waals surface area contributed by atoms with E-state index in [1.807, 2.05) is 18.2 Å². The lowest BCUT2D eigenvalue weighted by atomic mass is 9.78. The summed E-state index contributed by atoms with van der Waals surface area (Å²) in [7, 11) is 0. The molecule has 1 aliphatic carbocycles. The van der Waals surface area contributed by atoms with Crippen LogP contribution in [0.15, 0.2) is 24.3 Å². The van der Waals surface area contributed by atoms with Gasteiger partial charge in [-0.1, -0.05) is 30.5 Å². The fourth-order valence-corrected chi connectivity index (χ4v) is 5.06. The number of amides is 1. The van der Waals surface area contributed by atoms with Crippen molar-refractivity contribution in [3.05, 3.63) is 29.3 Å². The number of carbonyl (C=O) groups excluding carboxylic acids is 1. The Bertz CT molecular complexity index is 615. The number of hydrogen-bond donors (Lipinski definition) is 1. The van der Waals surface area contributed by atoms with E-state index in [1.165, 1.54) is 31.4 Å². The second-order valence-electron chi connectivity index (χ2n) is 7.77. The van der Waals surface area contributed by atoms with Crippen LogP contribution >= 0.6 is 11.6 Å². The Hall–Kier alpha value is -1.26. The minimum Gasteiger partial charge on any atom is -0.369 e. The number of hydrogen-bond acceptors (Lipinski definition) is 3. The van der Waals surface area contributed by atoms with Crippen LogP contribution in [-0.4, -0.2) is 49.6 Å². The van der Waals surface area contributed by atoms with Gasteiger partial charge >= 0.3 is 0 Å². The largest absolute Gasteiger partial charge is 0.369 e. The molecule has 4 rings (SSSR count). The van der Waals surface area contributed by atoms with Crippen LogP contribution in [0.4, 0.5) is 5.69 Å². The fourth-order valence-electron chi connectivity index (χ4n) is 4.87. The zero-order valence-corrected chi connectivity index (χ0v) is 15.5. The molecule has 0 radical (unpaired) electrons. The number of nitrogens with zero attached hydrogens (tertiary/aromatic N) is 2. The summed E-state index contributed by atoms with van der Waals surface area (Å²) in [6.07, 6.45) is 6.01. The summed E-state index contributed by atoms with van der Waals surface area (Å²) < 4.78 is 0. The van der Waals surface area contributed by atoms with Crippen molar-refractivity contribution in [1.82, 2.24) is 10.2 Å². The van der Waals surface area contributed by atoms with Gasteiger partial charge in [0.25, 0.3) is 0 Å². The Morgan fingerprint density at radius 2 is 1.92 bits per heavy atom. The van der Waals surface area contributed by atoms with Gasteiger partial charge in [0.05, 0.1) is 0 Å². The fraction of sp³-hybridized carbons (Fsp3) is 0.650. The molecule has 2 aliphatic heterocycles. The van der Waals surface area contributed by atoms with E-state index in [0.29, 0.717) is 17.9 Å². The summed E-state index contributed by atoms with van der Waals surface area (Å²) in [6, 6.07) is 8.58. The first-order chi connectivity index (χ1) is 12.2. The van der Waals surface area contributed by atoms with Gasteiger partial charge in [-0.3, -0.25) is 9.69 Å². The molecule has 5 heteroatoms. The van der Waals surface area contributed by atoms with Crippen molar-refractivity contribution in [2.45, 2.75) is 38.1 Å². The molecule has 4 nitrogen and oxygen atoms in total. The summed E-state index contributed by atoms with van der Waals surface area (Å²) in [5, 5.41) is 4.05. The van der Waals surface area contributed by atoms with Crippen molar-refractivity contribution in [2.75, 3.05) is 37.6 Å². The van der Waals surface area contributed by atoms with Crippen LogP contribution in [0.1, 0.15) is 32.1 Å². The maximum Gasteiger partial charge on any atom is 0.223 e. The van der Waals surface area contributed by atoms with Crippen LogP contribution < -0.4 is 10.2 Å². The highest BCUT2D eigenvalue weighted by molar-refractivity contribution is 6.30. The molecule has 1 amide bonds. The number of anilines is 1. The Morgan fingerprint density at radius 1 is 1.12 bits per heavy atom. The van der Waals surface area contributed by atoms with Gasteiger partial charge in [-0.25, -0.2) is 0 Å². The number of halogens is 1. The van der Waals surface area contributed by atoms with Crippen molar-refractivity contribution in [1.29, 1.82) is 0 Å². The lowest BCUT2D eigenvalue weighted by Crippen LogP contribution is -2.47. The predicted molar refractivity (Wildman–Crippen MR) is 102 cm³/mol. The van der Waals surface area contributed by atoms with Gasteiger partial charge in [-0.15, -0.1) is 0 Å². The molecule has 0 aromatic heterocycles. The minimum atomic E-state index is 0.247. The van der Waals surface area contributed by atoms with E-state index in [-0.39, 0.29) is 5.92 Å². The van der Waals surface area contributed by atoms with Crippen LogP contribution in [0.25, 0.3) is 0 Å². The predicted octanol–water partition coefficient (Wildman–Crippen LogP) is 3.16. The van der Waals surface area contributed by atoms with Crippen molar-refractivity contribution in [3.63, 3.8) is 0 Å². The summed E-state index contributed by atoms with van der Waals surface area (Å²) in [6.45, 7) is 5.24. The molecular weight excluding hydrogens is 334 g/mol. The van der Waals surface area contributed by atoms with Crippen LogP contribution in [0.5, 0.6) is 0 Å². The number of carbonyl (C=O) groups is 1. The van der Waals surface area contributed by atoms with Gasteiger partial charge in [0.2, 0.25) is 5.91 Å². The molecule has 2 heterocycles. The van der Waals surface area contributed by atoms with E-state index in [9.17, 15) is 4.79 Å². The highest BCUT2D eigenvalue weighted by atomic mass is 35.5. The van der Waals surface area contributed by atoms with Crippen molar-refractivity contribution in [2.24, 2.45) is 11.8 Å². The molecule has 136 valence electrons. The van der Waals surface area contributed by atoms with Crippen molar-refractivity contribution < 1.29 is 4.79 Å². The van der Waals surface area contributed by atoms with Gasteiger partial charge in [-0.2, -0.15) is 0 Å². The lowest BCUT2D eigenvalue weighted by Gasteiger charge is -2.37. The zero-order chi connectivity index (χ0) is 17.2. The Kier molecular flexibility index (Phi) is 5.18. The summed E-state index contributed by atoms with van der Waals surface area (Å²) in [5.41, 5.74) is 1.22. The normalized spacial score (nSPS) is 30.2. The molecule has 3 fully saturated rings. The summed E-state index contributed by atoms with van der Waals surface area (Å²) in [5.74, 6) is 1.15. The second kappa shape index (κ2) is 7.55. The number of piperazine rings is 1. The Morgan fingerprint density at radius 3 is 2.72 bits per heavy atom. The molecule has 3 unspecified atom stereocenters. The quantitative estimate of drug-likeness (QED) is 0.894. The molecular formula is C20H28ClN3O. The number of rotatable bonds is 4. The highest BCUT2D eigenvalue weighted by Gasteiger charge is 2.42. The molecule has 3 atom stereocenters. The third-order valence-corrected chi connectivity index (χ3v) is 6.54. The highest BCUT2D eigenvalue weighted by Crippen LogP contribution is 2.37. The number of fused-ring (bicyclic) bond motifs is 1. The van der Waals surface area contributed by atoms with E-state index in [1.54, 1.807) is 0 Å². The number of nitrogens with one attached hydrogen (secondary N) is 1. The number of benzene rings is 1. The Balaban J connectivity index is 1.27. The molecule has 0 spiro atoms. The van der Waals surface area contributed by atoms with Gasteiger partial charge in [0, 0.05) is 48.8 Å². The van der Waals surface area contributed by atoms with Gasteiger partial charge < -0.3 is 10.2 Å². The molecule has 1 saturated carbocycles. The van der Waals surface area contributed by atoms with Crippen LogP contribution in [-0.2, 0) is 4.79 Å². The summed E-state index contributed by atoms with van der Waals surface area (Å²) >= 11 is 6.11. The molecule has 1 aromatic carbocycles. The Labute approximate surface area is 155 Å². The van der Waals surface area contributed by atoms with Crippen molar-refractivity contribution in [3.8, 4) is 0 Å². The van der Waals surface area contributed by atoms with Crippen LogP contribution in [0.2, 0.25) is 5.02 Å². The first-order valence-electron chi connectivity index (χ1n) is 9.74. The third-order valence-electron chi connectivity index (χ3n) is 6.30. The summed E-state index contributed by atoms with van der Waals surface area (Å²) in [4.78, 5) is 17.3. The maximum atomic E-state index is 12.3. The van der Waals surface area contributed by atoms with E-state index in [2.05, 4.69) is 21.2 Å². The topological polar surface area (TPSA) is 35.6 Å². The molecule has 25 heavy (non-hydrogen) atoms. The molecule has 2 saturated heterocycles. The third kappa shape index (κ3) is 3.80. The minimum absolute atomic E-state index is 0.247. The van der Waals surface area contributed by atoms with Crippen LogP contribution in [0.3, 0.4) is 0 Å². The molecule has 0 bridgehead atoms. The SMILES string of the molecule is O=C1NC2CCCCC2C1CCN1CCN(c2cccc(Cl)c2)CC1. The molecule has 3 aliphatic rings. The average Bonchev–Trinajstić information content (AvgIpc) is 2.95. The van der Waals surface area contributed by atoms with E-state index >= 15 is 0 Å². The van der Waals surface area contributed by atoms with E-state index < -0.39 is 0 Å². The van der Waals surface area contributed by atoms with Gasteiger partial charge in [-0.05, 0) is 49.9 Å². The van der Waals surface area contributed by atoms with E-state index in [0.717, 1.165) is 44.2 Å². The van der Waals surface area contributed by atoms with Gasteiger partial charge in [0.1, 0.15) is 0 Å². The first-order valence-corrected chi connectivity index (χ1v) is 10.1.